The van der Waals surface area contributed by atoms with Crippen LogP contribution in [0.1, 0.15) is 59.8 Å². The van der Waals surface area contributed by atoms with Gasteiger partial charge in [-0.25, -0.2) is 4.79 Å². The maximum absolute atomic E-state index is 13.5. The van der Waals surface area contributed by atoms with Gasteiger partial charge in [0.05, 0.1) is 5.02 Å². The first-order valence-electron chi connectivity index (χ1n) is 11.6. The summed E-state index contributed by atoms with van der Waals surface area (Å²) in [5.74, 6) is -0.545. The third-order valence-corrected chi connectivity index (χ3v) is 7.33. The number of halogens is 1. The summed E-state index contributed by atoms with van der Waals surface area (Å²) in [7, 11) is 1.56. The van der Waals surface area contributed by atoms with Crippen molar-refractivity contribution in [2.45, 2.75) is 65.2 Å². The van der Waals surface area contributed by atoms with Crippen LogP contribution in [0.3, 0.4) is 0 Å². The van der Waals surface area contributed by atoms with E-state index in [1.54, 1.807) is 33.9 Å². The van der Waals surface area contributed by atoms with Crippen LogP contribution in [0.25, 0.3) is 0 Å². The number of fused-ring (bicyclic) bond motifs is 1. The van der Waals surface area contributed by atoms with Crippen molar-refractivity contribution in [1.82, 2.24) is 10.3 Å². The molecule has 1 atom stereocenters. The lowest BCUT2D eigenvalue weighted by Crippen LogP contribution is -2.47. The van der Waals surface area contributed by atoms with Crippen LogP contribution in [0.4, 0.5) is 10.5 Å². The van der Waals surface area contributed by atoms with E-state index in [1.807, 2.05) is 13.0 Å². The van der Waals surface area contributed by atoms with E-state index in [0.717, 1.165) is 12.8 Å². The molecule has 2 aliphatic rings. The number of hydrogen-bond acceptors (Lipinski definition) is 5. The van der Waals surface area contributed by atoms with Gasteiger partial charge in [0.15, 0.2) is 11.5 Å². The molecule has 2 heterocycles. The number of nitrogens with one attached hydrogen (secondary N) is 2. The smallest absolute Gasteiger partial charge is 0.404 e. The Hall–Kier alpha value is -3.20. The number of ether oxygens (including phenoxy) is 2. The van der Waals surface area contributed by atoms with Gasteiger partial charge in [0.2, 0.25) is 0 Å². The summed E-state index contributed by atoms with van der Waals surface area (Å²) < 4.78 is 12.5. The second kappa shape index (κ2) is 9.11. The average molecular weight is 504 g/mol. The van der Waals surface area contributed by atoms with Gasteiger partial charge in [-0.05, 0) is 64.2 Å². The molecule has 35 heavy (non-hydrogen) atoms. The molecule has 10 heteroatoms. The summed E-state index contributed by atoms with van der Waals surface area (Å²) in [5, 5.41) is 11.8. The zero-order valence-corrected chi connectivity index (χ0v) is 21.2. The Morgan fingerprint density at radius 3 is 2.37 bits per heavy atom. The topological polar surface area (TPSA) is 121 Å². The number of rotatable bonds is 4. The van der Waals surface area contributed by atoms with E-state index in [4.69, 9.17) is 26.2 Å². The molecule has 0 unspecified atom stereocenters. The van der Waals surface area contributed by atoms with Gasteiger partial charge < -0.3 is 29.8 Å². The summed E-state index contributed by atoms with van der Waals surface area (Å²) >= 11 is 6.55. The molecule has 0 spiro atoms. The molecule has 4 rings (SSSR count). The molecule has 0 radical (unpaired) electrons. The lowest BCUT2D eigenvalue weighted by Gasteiger charge is -2.37. The fraction of sp³-hybridized carbons (Fsp3) is 0.480. The van der Waals surface area contributed by atoms with Crippen LogP contribution in [0.2, 0.25) is 5.02 Å². The third-order valence-electron chi connectivity index (χ3n) is 7.05. The summed E-state index contributed by atoms with van der Waals surface area (Å²) in [6.07, 6.45) is 1.78. The summed E-state index contributed by atoms with van der Waals surface area (Å²) in [6.45, 7) is 7.19. The minimum absolute atomic E-state index is 0.0211. The Bertz CT molecular complexity index is 1250. The van der Waals surface area contributed by atoms with Crippen molar-refractivity contribution >= 4 is 29.3 Å². The highest BCUT2D eigenvalue weighted by Crippen LogP contribution is 2.51. The number of aryl methyl sites for hydroxylation is 2. The minimum atomic E-state index is -1.02. The Morgan fingerprint density at radius 2 is 1.77 bits per heavy atom. The average Bonchev–Trinajstić information content (AvgIpc) is 3.15. The Morgan fingerprint density at radius 1 is 1.14 bits per heavy atom. The Kier molecular flexibility index (Phi) is 6.48. The van der Waals surface area contributed by atoms with Gasteiger partial charge in [0.1, 0.15) is 5.69 Å². The lowest BCUT2D eigenvalue weighted by molar-refractivity contribution is -0.121. The number of carboxylic acid groups (broad SMARTS) is 1. The van der Waals surface area contributed by atoms with Gasteiger partial charge in [-0.15, -0.1) is 0 Å². The summed E-state index contributed by atoms with van der Waals surface area (Å²) in [4.78, 5) is 41.0. The zero-order chi connectivity index (χ0) is 25.7. The molecule has 1 aliphatic heterocycles. The number of hydrogen-bond donors (Lipinski definition) is 3. The number of amides is 2. The molecule has 3 N–H and O–H groups in total. The largest absolute Gasteiger partial charge is 0.465 e. The van der Waals surface area contributed by atoms with Crippen molar-refractivity contribution in [3.8, 4) is 11.5 Å². The minimum Gasteiger partial charge on any atom is -0.465 e. The fourth-order valence-electron chi connectivity index (χ4n) is 5.22. The molecule has 2 aromatic rings. The van der Waals surface area contributed by atoms with E-state index in [-0.39, 0.29) is 34.1 Å². The first kappa shape index (κ1) is 24.9. The van der Waals surface area contributed by atoms with Crippen LogP contribution in [-0.4, -0.2) is 41.0 Å². The molecule has 188 valence electrons. The standard InChI is InChI=1S/C25H30ClN3O6/c1-12-10-13(2)27-22(30)19(12)29(5)23(31)17-11-18(26)21-20(14(17)3)34-25(4,35-21)15-6-8-16(9-7-15)28-24(32)33/h10-11,15-16,28H,6-9H2,1-5H3,(H,27,30)(H,32,33)/t15?,16?,25-/m1/s1. The number of nitrogens with zero attached hydrogens (tertiary/aromatic N) is 1. The maximum Gasteiger partial charge on any atom is 0.404 e. The number of carbonyl (C=O) groups is 2. The summed E-state index contributed by atoms with van der Waals surface area (Å²) in [5.41, 5.74) is 2.22. The van der Waals surface area contributed by atoms with Gasteiger partial charge in [-0.1, -0.05) is 11.6 Å². The second-order valence-electron chi connectivity index (χ2n) is 9.58. The summed E-state index contributed by atoms with van der Waals surface area (Å²) in [6, 6.07) is 3.27. The van der Waals surface area contributed by atoms with Crippen LogP contribution in [0, 0.1) is 26.7 Å². The predicted octanol–water partition coefficient (Wildman–Crippen LogP) is 4.54. The third kappa shape index (κ3) is 4.57. The van der Waals surface area contributed by atoms with Crippen molar-refractivity contribution in [1.29, 1.82) is 0 Å². The molecule has 1 aliphatic carbocycles. The monoisotopic (exact) mass is 503 g/mol. The first-order chi connectivity index (χ1) is 16.4. The van der Waals surface area contributed by atoms with Crippen molar-refractivity contribution in [3.63, 3.8) is 0 Å². The molecule has 1 aromatic heterocycles. The highest BCUT2D eigenvalue weighted by Gasteiger charge is 2.47. The van der Waals surface area contributed by atoms with Gasteiger partial charge in [0, 0.05) is 42.8 Å². The maximum atomic E-state index is 13.5. The van der Waals surface area contributed by atoms with E-state index >= 15 is 0 Å². The van der Waals surface area contributed by atoms with Gasteiger partial charge in [0.25, 0.3) is 17.3 Å². The zero-order valence-electron chi connectivity index (χ0n) is 20.5. The molecule has 0 bridgehead atoms. The molecule has 1 aromatic carbocycles. The van der Waals surface area contributed by atoms with Gasteiger partial charge in [-0.2, -0.15) is 0 Å². The van der Waals surface area contributed by atoms with E-state index < -0.39 is 11.9 Å². The molecule has 9 nitrogen and oxygen atoms in total. The SMILES string of the molecule is Cc1cc(C)c(N(C)C(=O)c2cc(Cl)c3c(c2C)O[C@@](C)(C2CCC(NC(=O)O)CC2)O3)c(=O)[nH]1. The highest BCUT2D eigenvalue weighted by molar-refractivity contribution is 6.33. The predicted molar refractivity (Wildman–Crippen MR) is 132 cm³/mol. The Balaban J connectivity index is 1.59. The van der Waals surface area contributed by atoms with Crippen LogP contribution in [0.15, 0.2) is 16.9 Å². The van der Waals surface area contributed by atoms with Crippen molar-refractivity contribution < 1.29 is 24.2 Å². The molecular formula is C25H30ClN3O6. The molecular weight excluding hydrogens is 474 g/mol. The molecule has 1 saturated carbocycles. The highest BCUT2D eigenvalue weighted by atomic mass is 35.5. The molecule has 1 fully saturated rings. The van der Waals surface area contributed by atoms with Crippen LogP contribution >= 0.6 is 11.6 Å². The normalized spacial score (nSPS) is 23.1. The van der Waals surface area contributed by atoms with Crippen LogP contribution in [-0.2, 0) is 0 Å². The van der Waals surface area contributed by atoms with Crippen molar-refractivity contribution in [2.24, 2.45) is 5.92 Å². The number of carbonyl (C=O) groups excluding carboxylic acids is 1. The van der Waals surface area contributed by atoms with Gasteiger partial charge >= 0.3 is 6.09 Å². The van der Waals surface area contributed by atoms with E-state index in [2.05, 4.69) is 10.3 Å². The number of H-pyrrole nitrogens is 1. The quantitative estimate of drug-likeness (QED) is 0.563. The van der Waals surface area contributed by atoms with Crippen LogP contribution < -0.4 is 25.2 Å². The van der Waals surface area contributed by atoms with Crippen molar-refractivity contribution in [2.75, 3.05) is 11.9 Å². The fourth-order valence-corrected chi connectivity index (χ4v) is 5.45. The second-order valence-corrected chi connectivity index (χ2v) is 9.99. The van der Waals surface area contributed by atoms with Gasteiger partial charge in [-0.3, -0.25) is 9.59 Å². The Labute approximate surface area is 208 Å². The van der Waals surface area contributed by atoms with Crippen molar-refractivity contribution in [3.05, 3.63) is 49.9 Å². The van der Waals surface area contributed by atoms with E-state index in [0.29, 0.717) is 46.7 Å². The molecule has 2 amide bonds. The first-order valence-corrected chi connectivity index (χ1v) is 12.0. The molecule has 0 saturated heterocycles. The van der Waals surface area contributed by atoms with E-state index in [9.17, 15) is 14.4 Å². The number of aromatic amines is 1. The van der Waals surface area contributed by atoms with Crippen LogP contribution in [0.5, 0.6) is 11.5 Å². The number of aromatic nitrogens is 1. The van der Waals surface area contributed by atoms with E-state index in [1.165, 1.54) is 4.90 Å². The number of anilines is 1. The number of benzene rings is 1. The number of pyridine rings is 1. The lowest BCUT2D eigenvalue weighted by atomic mass is 9.81.